The van der Waals surface area contributed by atoms with Gasteiger partial charge in [0.2, 0.25) is 11.8 Å². The molecule has 0 aliphatic carbocycles. The Kier molecular flexibility index (Phi) is 4.56. The molecule has 3 rings (SSSR count). The largest absolute Gasteiger partial charge is 0.439 e. The molecule has 0 radical (unpaired) electrons. The Morgan fingerprint density at radius 3 is 2.73 bits per heavy atom. The quantitative estimate of drug-likeness (QED) is 0.937. The fourth-order valence-electron chi connectivity index (χ4n) is 2.12. The van der Waals surface area contributed by atoms with Crippen LogP contribution in [0.2, 0.25) is 5.02 Å². The van der Waals surface area contributed by atoms with Crippen LogP contribution in [-0.4, -0.2) is 24.1 Å². The van der Waals surface area contributed by atoms with E-state index < -0.39 is 0 Å². The maximum Gasteiger partial charge on any atom is 0.229 e. The Bertz CT molecular complexity index is 637. The van der Waals surface area contributed by atoms with Crippen molar-refractivity contribution in [2.75, 3.05) is 18.5 Å². The normalized spacial score (nSPS) is 17.2. The molecule has 1 N–H and O–H groups in total. The van der Waals surface area contributed by atoms with Gasteiger partial charge in [-0.1, -0.05) is 11.6 Å². The molecule has 22 heavy (non-hydrogen) atoms. The summed E-state index contributed by atoms with van der Waals surface area (Å²) in [6.07, 6.45) is 2.33. The molecule has 1 aliphatic heterocycles. The van der Waals surface area contributed by atoms with Crippen molar-refractivity contribution >= 4 is 23.2 Å². The van der Waals surface area contributed by atoms with Gasteiger partial charge in [0.15, 0.2) is 0 Å². The maximum atomic E-state index is 12.0. The van der Waals surface area contributed by atoms with E-state index in [1.807, 2.05) is 0 Å². The molecule has 0 spiro atoms. The van der Waals surface area contributed by atoms with E-state index in [-0.39, 0.29) is 11.8 Å². The number of aromatic nitrogens is 1. The molecule has 0 bridgehead atoms. The third-order valence-corrected chi connectivity index (χ3v) is 3.59. The monoisotopic (exact) mass is 318 g/mol. The number of ether oxygens (including phenoxy) is 2. The van der Waals surface area contributed by atoms with Crippen molar-refractivity contribution in [2.24, 2.45) is 5.92 Å². The predicted octanol–water partition coefficient (Wildman–Crippen LogP) is 3.50. The smallest absolute Gasteiger partial charge is 0.229 e. The zero-order valence-electron chi connectivity index (χ0n) is 11.8. The summed E-state index contributed by atoms with van der Waals surface area (Å²) in [4.78, 5) is 16.1. The number of halogens is 1. The number of nitrogens with zero attached hydrogens (tertiary/aromatic N) is 1. The number of carbonyl (C=O) groups is 1. The summed E-state index contributed by atoms with van der Waals surface area (Å²) in [7, 11) is 0. The van der Waals surface area contributed by atoms with Crippen LogP contribution in [0.3, 0.4) is 0 Å². The number of rotatable bonds is 4. The van der Waals surface area contributed by atoms with Gasteiger partial charge in [0.25, 0.3) is 0 Å². The molecule has 1 aliphatic rings. The highest BCUT2D eigenvalue weighted by Crippen LogP contribution is 2.22. The lowest BCUT2D eigenvalue weighted by Gasteiger charge is -2.10. The number of benzene rings is 1. The highest BCUT2D eigenvalue weighted by atomic mass is 35.5. The summed E-state index contributed by atoms with van der Waals surface area (Å²) in [6, 6.07) is 10.5. The van der Waals surface area contributed by atoms with Crippen molar-refractivity contribution < 1.29 is 14.3 Å². The zero-order chi connectivity index (χ0) is 15.4. The predicted molar refractivity (Wildman–Crippen MR) is 83.3 cm³/mol. The van der Waals surface area contributed by atoms with Gasteiger partial charge in [0.1, 0.15) is 5.75 Å². The molecule has 6 heteroatoms. The molecule has 1 unspecified atom stereocenters. The van der Waals surface area contributed by atoms with Gasteiger partial charge in [-0.3, -0.25) is 4.79 Å². The number of hydrogen-bond donors (Lipinski definition) is 1. The van der Waals surface area contributed by atoms with E-state index in [1.54, 1.807) is 42.6 Å². The number of pyridine rings is 1. The van der Waals surface area contributed by atoms with Crippen LogP contribution in [0.4, 0.5) is 5.69 Å². The molecule has 5 nitrogen and oxygen atoms in total. The molecule has 1 fully saturated rings. The third-order valence-electron chi connectivity index (χ3n) is 3.34. The van der Waals surface area contributed by atoms with Crippen LogP contribution in [0.15, 0.2) is 42.6 Å². The first-order valence-corrected chi connectivity index (χ1v) is 7.36. The van der Waals surface area contributed by atoms with Gasteiger partial charge in [-0.15, -0.1) is 0 Å². The minimum Gasteiger partial charge on any atom is -0.439 e. The summed E-state index contributed by atoms with van der Waals surface area (Å²) < 4.78 is 10.8. The zero-order valence-corrected chi connectivity index (χ0v) is 12.5. The van der Waals surface area contributed by atoms with Crippen LogP contribution in [0.25, 0.3) is 0 Å². The van der Waals surface area contributed by atoms with E-state index in [2.05, 4.69) is 10.3 Å². The molecule has 1 saturated heterocycles. The van der Waals surface area contributed by atoms with Gasteiger partial charge in [-0.25, -0.2) is 4.98 Å². The number of carbonyl (C=O) groups excluding carboxylic acids is 1. The number of hydrogen-bond acceptors (Lipinski definition) is 4. The average molecular weight is 319 g/mol. The molecule has 2 aromatic rings. The van der Waals surface area contributed by atoms with E-state index in [1.165, 1.54) is 0 Å². The molecular formula is C16H15ClN2O3. The molecular weight excluding hydrogens is 304 g/mol. The minimum atomic E-state index is -0.0787. The Morgan fingerprint density at radius 1 is 1.27 bits per heavy atom. The van der Waals surface area contributed by atoms with Crippen LogP contribution >= 0.6 is 11.6 Å². The van der Waals surface area contributed by atoms with Gasteiger partial charge in [0, 0.05) is 17.7 Å². The second kappa shape index (κ2) is 6.77. The topological polar surface area (TPSA) is 60.5 Å². The number of anilines is 1. The lowest BCUT2D eigenvalue weighted by Crippen LogP contribution is -2.22. The number of amides is 1. The van der Waals surface area contributed by atoms with E-state index in [0.29, 0.717) is 35.6 Å². The first-order chi connectivity index (χ1) is 10.7. The lowest BCUT2D eigenvalue weighted by atomic mass is 10.1. The van der Waals surface area contributed by atoms with Crippen LogP contribution in [0, 0.1) is 5.92 Å². The summed E-state index contributed by atoms with van der Waals surface area (Å²) in [5, 5.41) is 3.48. The first-order valence-electron chi connectivity index (χ1n) is 6.99. The molecule has 0 saturated carbocycles. The van der Waals surface area contributed by atoms with Crippen LogP contribution < -0.4 is 10.1 Å². The highest BCUT2D eigenvalue weighted by Gasteiger charge is 2.23. The second-order valence-corrected chi connectivity index (χ2v) is 5.43. The summed E-state index contributed by atoms with van der Waals surface area (Å²) in [5.74, 6) is 0.983. The molecule has 1 amide bonds. The van der Waals surface area contributed by atoms with E-state index in [0.717, 1.165) is 6.42 Å². The standard InChI is InChI=1S/C16H15ClN2O3/c17-12-1-4-14(5-2-12)22-15-6-3-13(9-18-15)19-16(20)11-7-8-21-10-11/h1-6,9,11H,7-8,10H2,(H,19,20). The maximum absolute atomic E-state index is 12.0. The lowest BCUT2D eigenvalue weighted by molar-refractivity contribution is -0.119. The van der Waals surface area contributed by atoms with Crippen LogP contribution in [-0.2, 0) is 9.53 Å². The van der Waals surface area contributed by atoms with Crippen molar-refractivity contribution in [1.29, 1.82) is 0 Å². The fraction of sp³-hybridized carbons (Fsp3) is 0.250. The summed E-state index contributed by atoms with van der Waals surface area (Å²) >= 11 is 5.82. The number of nitrogens with one attached hydrogen (secondary N) is 1. The Balaban J connectivity index is 1.60. The van der Waals surface area contributed by atoms with Gasteiger partial charge in [0.05, 0.1) is 24.4 Å². The van der Waals surface area contributed by atoms with Gasteiger partial charge in [-0.2, -0.15) is 0 Å². The third kappa shape index (κ3) is 3.75. The minimum absolute atomic E-state index is 0.0364. The Labute approximate surface area is 133 Å². The van der Waals surface area contributed by atoms with Crippen LogP contribution in [0.1, 0.15) is 6.42 Å². The first kappa shape index (κ1) is 14.8. The van der Waals surface area contributed by atoms with E-state index in [4.69, 9.17) is 21.1 Å². The van der Waals surface area contributed by atoms with Crippen molar-refractivity contribution in [3.63, 3.8) is 0 Å². The van der Waals surface area contributed by atoms with Gasteiger partial charge >= 0.3 is 0 Å². The highest BCUT2D eigenvalue weighted by molar-refractivity contribution is 6.30. The molecule has 2 heterocycles. The van der Waals surface area contributed by atoms with Crippen molar-refractivity contribution in [3.05, 3.63) is 47.6 Å². The van der Waals surface area contributed by atoms with Crippen LogP contribution in [0.5, 0.6) is 11.6 Å². The van der Waals surface area contributed by atoms with Gasteiger partial charge < -0.3 is 14.8 Å². The molecule has 1 aromatic heterocycles. The molecule has 114 valence electrons. The Morgan fingerprint density at radius 2 is 2.09 bits per heavy atom. The summed E-state index contributed by atoms with van der Waals surface area (Å²) in [5.41, 5.74) is 0.639. The second-order valence-electron chi connectivity index (χ2n) is 4.99. The van der Waals surface area contributed by atoms with Crippen molar-refractivity contribution in [2.45, 2.75) is 6.42 Å². The average Bonchev–Trinajstić information content (AvgIpc) is 3.06. The SMILES string of the molecule is O=C(Nc1ccc(Oc2ccc(Cl)cc2)nc1)C1CCOC1. The van der Waals surface area contributed by atoms with Gasteiger partial charge in [-0.05, 0) is 36.8 Å². The fourth-order valence-corrected chi connectivity index (χ4v) is 2.25. The van der Waals surface area contributed by atoms with E-state index >= 15 is 0 Å². The van der Waals surface area contributed by atoms with E-state index in [9.17, 15) is 4.79 Å². The molecule has 1 atom stereocenters. The Hall–Kier alpha value is -2.11. The van der Waals surface area contributed by atoms with Crippen molar-refractivity contribution in [3.8, 4) is 11.6 Å². The molecule has 1 aromatic carbocycles. The summed E-state index contributed by atoms with van der Waals surface area (Å²) in [6.45, 7) is 1.13. The van der Waals surface area contributed by atoms with Crippen molar-refractivity contribution in [1.82, 2.24) is 4.98 Å².